The number of ether oxygens (including phenoxy) is 1. The normalized spacial score (nSPS) is 10.8. The van der Waals surface area contributed by atoms with Gasteiger partial charge in [0, 0.05) is 23.7 Å². The number of nitrogens with zero attached hydrogens (tertiary/aromatic N) is 4. The van der Waals surface area contributed by atoms with E-state index in [1.165, 1.54) is 11.1 Å². The topological polar surface area (TPSA) is 52.8 Å². The van der Waals surface area contributed by atoms with E-state index in [0.717, 1.165) is 34.5 Å². The number of rotatable bonds is 9. The molecule has 0 fully saturated rings. The molecule has 2 aromatic carbocycles. The molecule has 152 valence electrons. The van der Waals surface area contributed by atoms with Gasteiger partial charge in [-0.05, 0) is 41.8 Å². The fraction of sp³-hybridized carbons (Fsp3) is 0.208. The van der Waals surface area contributed by atoms with Crippen LogP contribution in [0.3, 0.4) is 0 Å². The first-order valence-electron chi connectivity index (χ1n) is 10.1. The molecule has 0 aliphatic rings. The van der Waals surface area contributed by atoms with E-state index < -0.39 is 0 Å². The average molecular weight is 417 g/mol. The molecule has 0 bridgehead atoms. The Bertz CT molecular complexity index is 1070. The first-order chi connectivity index (χ1) is 14.8. The fourth-order valence-corrected chi connectivity index (χ4v) is 3.91. The highest BCUT2D eigenvalue weighted by atomic mass is 32.2. The minimum atomic E-state index is 0.609. The Hall–Kier alpha value is -3.12. The third-order valence-corrected chi connectivity index (χ3v) is 5.64. The summed E-state index contributed by atoms with van der Waals surface area (Å²) in [6, 6.07) is 22.5. The predicted molar refractivity (Wildman–Crippen MR) is 121 cm³/mol. The molecule has 0 saturated heterocycles. The maximum Gasteiger partial charge on any atom is 0.191 e. The van der Waals surface area contributed by atoms with E-state index in [1.54, 1.807) is 18.0 Å². The predicted octanol–water partition coefficient (Wildman–Crippen LogP) is 5.12. The van der Waals surface area contributed by atoms with Crippen LogP contribution >= 0.6 is 11.8 Å². The van der Waals surface area contributed by atoms with Crippen molar-refractivity contribution in [2.75, 3.05) is 12.4 Å². The summed E-state index contributed by atoms with van der Waals surface area (Å²) in [7, 11) is 0. The van der Waals surface area contributed by atoms with Crippen molar-refractivity contribution >= 4 is 11.8 Å². The molecule has 0 radical (unpaired) electrons. The first kappa shape index (κ1) is 20.2. The lowest BCUT2D eigenvalue weighted by Gasteiger charge is -2.11. The Morgan fingerprint density at radius 2 is 1.80 bits per heavy atom. The summed E-state index contributed by atoms with van der Waals surface area (Å²) < 4.78 is 8.08. The van der Waals surface area contributed by atoms with Crippen LogP contribution in [0, 0.1) is 0 Å². The number of benzene rings is 2. The number of pyridine rings is 1. The second kappa shape index (κ2) is 10.1. The van der Waals surface area contributed by atoms with Crippen molar-refractivity contribution in [3.05, 3.63) is 90.3 Å². The van der Waals surface area contributed by atoms with E-state index >= 15 is 0 Å². The summed E-state index contributed by atoms with van der Waals surface area (Å²) >= 11 is 1.65. The molecule has 0 N–H and O–H groups in total. The monoisotopic (exact) mass is 416 g/mol. The lowest BCUT2D eigenvalue weighted by atomic mass is 10.2. The summed E-state index contributed by atoms with van der Waals surface area (Å²) in [6.45, 7) is 3.46. The van der Waals surface area contributed by atoms with Gasteiger partial charge in [-0.25, -0.2) is 0 Å². The minimum absolute atomic E-state index is 0.609. The van der Waals surface area contributed by atoms with Crippen molar-refractivity contribution in [2.45, 2.75) is 25.0 Å². The molecule has 2 aromatic heterocycles. The summed E-state index contributed by atoms with van der Waals surface area (Å²) in [4.78, 5) is 4.23. The van der Waals surface area contributed by atoms with Crippen molar-refractivity contribution in [3.63, 3.8) is 0 Å². The van der Waals surface area contributed by atoms with Gasteiger partial charge >= 0.3 is 0 Å². The Balaban J connectivity index is 1.47. The highest BCUT2D eigenvalue weighted by molar-refractivity contribution is 7.99. The lowest BCUT2D eigenvalue weighted by Crippen LogP contribution is -2.06. The minimum Gasteiger partial charge on any atom is -0.493 e. The van der Waals surface area contributed by atoms with E-state index in [9.17, 15) is 0 Å². The highest BCUT2D eigenvalue weighted by Crippen LogP contribution is 2.25. The summed E-state index contributed by atoms with van der Waals surface area (Å²) in [5.74, 6) is 2.53. The largest absolute Gasteiger partial charge is 0.493 e. The van der Waals surface area contributed by atoms with Gasteiger partial charge in [0.2, 0.25) is 0 Å². The van der Waals surface area contributed by atoms with Gasteiger partial charge in [-0.2, -0.15) is 0 Å². The fourth-order valence-electron chi connectivity index (χ4n) is 3.16. The second-order valence-electron chi connectivity index (χ2n) is 6.82. The average Bonchev–Trinajstić information content (AvgIpc) is 3.20. The highest BCUT2D eigenvalue weighted by Gasteiger charge is 2.15. The second-order valence-corrected chi connectivity index (χ2v) is 7.88. The Kier molecular flexibility index (Phi) is 6.77. The molecular formula is C24H24N4OS. The summed E-state index contributed by atoms with van der Waals surface area (Å²) in [5.41, 5.74) is 3.45. The van der Waals surface area contributed by atoms with Gasteiger partial charge in [0.1, 0.15) is 5.75 Å². The van der Waals surface area contributed by atoms with Gasteiger partial charge in [0.05, 0.1) is 13.2 Å². The van der Waals surface area contributed by atoms with E-state index in [-0.39, 0.29) is 0 Å². The van der Waals surface area contributed by atoms with Crippen LogP contribution in [0.1, 0.15) is 18.1 Å². The standard InChI is InChI=1S/C24H24N4OS/c1-2-19-10-6-12-22(16-19)29-14-15-30-24-27-26-23(21-11-7-13-25-17-21)28(24)18-20-8-4-3-5-9-20/h3-13,16-17H,2,14-15,18H2,1H3. The molecule has 0 amide bonds. The van der Waals surface area contributed by atoms with Gasteiger partial charge in [-0.1, -0.05) is 61.2 Å². The zero-order chi connectivity index (χ0) is 20.6. The van der Waals surface area contributed by atoms with Crippen LogP contribution in [0.25, 0.3) is 11.4 Å². The van der Waals surface area contributed by atoms with E-state index in [4.69, 9.17) is 4.74 Å². The molecule has 0 atom stereocenters. The molecule has 0 aliphatic heterocycles. The number of hydrogen-bond donors (Lipinski definition) is 0. The Labute approximate surface area is 181 Å². The van der Waals surface area contributed by atoms with Gasteiger partial charge in [0.25, 0.3) is 0 Å². The Morgan fingerprint density at radius 1 is 0.933 bits per heavy atom. The molecule has 0 aliphatic carbocycles. The molecule has 0 saturated carbocycles. The molecule has 6 heteroatoms. The van der Waals surface area contributed by atoms with Gasteiger partial charge in [-0.15, -0.1) is 10.2 Å². The molecule has 0 spiro atoms. The maximum absolute atomic E-state index is 5.93. The lowest BCUT2D eigenvalue weighted by molar-refractivity contribution is 0.343. The third kappa shape index (κ3) is 5.07. The molecule has 4 aromatic rings. The van der Waals surface area contributed by atoms with Crippen LogP contribution < -0.4 is 4.74 Å². The molecule has 0 unspecified atom stereocenters. The van der Waals surface area contributed by atoms with Crippen molar-refractivity contribution < 1.29 is 4.74 Å². The molecule has 5 nitrogen and oxygen atoms in total. The molecule has 4 rings (SSSR count). The van der Waals surface area contributed by atoms with E-state index in [1.807, 2.05) is 36.5 Å². The van der Waals surface area contributed by atoms with Crippen molar-refractivity contribution in [1.29, 1.82) is 0 Å². The van der Waals surface area contributed by atoms with E-state index in [0.29, 0.717) is 13.2 Å². The van der Waals surface area contributed by atoms with Crippen LogP contribution in [-0.4, -0.2) is 32.1 Å². The third-order valence-electron chi connectivity index (χ3n) is 4.71. The summed E-state index contributed by atoms with van der Waals surface area (Å²) in [5, 5.41) is 9.79. The zero-order valence-electron chi connectivity index (χ0n) is 16.9. The quantitative estimate of drug-likeness (QED) is 0.280. The Morgan fingerprint density at radius 3 is 2.60 bits per heavy atom. The number of thioether (sulfide) groups is 1. The summed E-state index contributed by atoms with van der Waals surface area (Å²) in [6.07, 6.45) is 4.59. The van der Waals surface area contributed by atoms with Crippen LogP contribution in [0.5, 0.6) is 5.75 Å². The van der Waals surface area contributed by atoms with Crippen LogP contribution in [0.15, 0.2) is 84.3 Å². The van der Waals surface area contributed by atoms with Crippen LogP contribution in [-0.2, 0) is 13.0 Å². The van der Waals surface area contributed by atoms with E-state index in [2.05, 4.69) is 63.1 Å². The van der Waals surface area contributed by atoms with Crippen molar-refractivity contribution in [2.24, 2.45) is 0 Å². The number of aryl methyl sites for hydroxylation is 1. The zero-order valence-corrected chi connectivity index (χ0v) is 17.8. The smallest absolute Gasteiger partial charge is 0.191 e. The van der Waals surface area contributed by atoms with Gasteiger partial charge in [-0.3, -0.25) is 9.55 Å². The van der Waals surface area contributed by atoms with Gasteiger partial charge < -0.3 is 4.74 Å². The van der Waals surface area contributed by atoms with Crippen LogP contribution in [0.4, 0.5) is 0 Å². The number of hydrogen-bond acceptors (Lipinski definition) is 5. The molecular weight excluding hydrogens is 392 g/mol. The first-order valence-corrected chi connectivity index (χ1v) is 11.0. The van der Waals surface area contributed by atoms with Crippen LogP contribution in [0.2, 0.25) is 0 Å². The number of aromatic nitrogens is 4. The molecule has 2 heterocycles. The maximum atomic E-state index is 5.93. The SMILES string of the molecule is CCc1cccc(OCCSc2nnc(-c3cccnc3)n2Cc2ccccc2)c1. The van der Waals surface area contributed by atoms with Gasteiger partial charge in [0.15, 0.2) is 11.0 Å². The molecule has 30 heavy (non-hydrogen) atoms. The van der Waals surface area contributed by atoms with Crippen molar-refractivity contribution in [1.82, 2.24) is 19.7 Å². The van der Waals surface area contributed by atoms with Crippen molar-refractivity contribution in [3.8, 4) is 17.1 Å².